The number of anilines is 1. The van der Waals surface area contributed by atoms with Gasteiger partial charge in [-0.3, -0.25) is 0 Å². The van der Waals surface area contributed by atoms with Crippen LogP contribution >= 0.6 is 27.5 Å². The van der Waals surface area contributed by atoms with Crippen LogP contribution in [-0.4, -0.2) is 9.97 Å². The third-order valence-corrected chi connectivity index (χ3v) is 3.17. The van der Waals surface area contributed by atoms with Gasteiger partial charge in [-0.2, -0.15) is 4.98 Å². The Balaban J connectivity index is 2.35. The van der Waals surface area contributed by atoms with Crippen molar-refractivity contribution in [3.63, 3.8) is 0 Å². The van der Waals surface area contributed by atoms with Crippen LogP contribution in [0.5, 0.6) is 11.6 Å². The van der Waals surface area contributed by atoms with Crippen LogP contribution in [0.2, 0.25) is 5.02 Å². The van der Waals surface area contributed by atoms with E-state index in [-0.39, 0.29) is 5.92 Å². The molecule has 0 saturated carbocycles. The van der Waals surface area contributed by atoms with E-state index in [1.54, 1.807) is 18.2 Å². The van der Waals surface area contributed by atoms with Crippen LogP contribution in [0.3, 0.4) is 0 Å². The average Bonchev–Trinajstić information content (AvgIpc) is 2.33. The zero-order valence-electron chi connectivity index (χ0n) is 10.5. The van der Waals surface area contributed by atoms with Crippen LogP contribution in [-0.2, 0) is 0 Å². The first-order valence-electron chi connectivity index (χ1n) is 5.73. The molecule has 0 aliphatic rings. The van der Waals surface area contributed by atoms with E-state index in [0.717, 1.165) is 4.47 Å². The standard InChI is InChI=1S/C13H13BrClN3O/c1-7(2)13-17-11(16)6-12(18-13)19-10-5-8(14)3-4-9(10)15/h3-7H,1-2H3,(H2,16,17,18). The predicted octanol–water partition coefficient (Wildman–Crippen LogP) is 4.39. The number of benzene rings is 1. The van der Waals surface area contributed by atoms with Gasteiger partial charge in [-0.15, -0.1) is 0 Å². The van der Waals surface area contributed by atoms with Gasteiger partial charge in [-0.05, 0) is 18.2 Å². The molecule has 100 valence electrons. The first-order chi connectivity index (χ1) is 8.95. The molecule has 0 atom stereocenters. The van der Waals surface area contributed by atoms with Gasteiger partial charge in [0.1, 0.15) is 17.4 Å². The minimum Gasteiger partial charge on any atom is -0.437 e. The number of hydrogen-bond acceptors (Lipinski definition) is 4. The maximum absolute atomic E-state index is 6.07. The largest absolute Gasteiger partial charge is 0.437 e. The molecule has 1 aromatic heterocycles. The summed E-state index contributed by atoms with van der Waals surface area (Å²) in [5.41, 5.74) is 5.75. The zero-order chi connectivity index (χ0) is 14.0. The maximum Gasteiger partial charge on any atom is 0.224 e. The molecule has 0 radical (unpaired) electrons. The van der Waals surface area contributed by atoms with Gasteiger partial charge in [0, 0.05) is 16.5 Å². The third kappa shape index (κ3) is 3.58. The minimum absolute atomic E-state index is 0.170. The van der Waals surface area contributed by atoms with Crippen molar-refractivity contribution in [3.05, 3.63) is 39.6 Å². The maximum atomic E-state index is 6.07. The lowest BCUT2D eigenvalue weighted by Gasteiger charge is -2.10. The van der Waals surface area contributed by atoms with E-state index in [4.69, 9.17) is 22.1 Å². The predicted molar refractivity (Wildman–Crippen MR) is 79.8 cm³/mol. The Bertz CT molecular complexity index is 604. The molecule has 0 aliphatic carbocycles. The summed E-state index contributed by atoms with van der Waals surface area (Å²) >= 11 is 9.43. The highest BCUT2D eigenvalue weighted by atomic mass is 79.9. The fourth-order valence-corrected chi connectivity index (χ4v) is 1.94. The topological polar surface area (TPSA) is 61.0 Å². The molecule has 0 fully saturated rings. The van der Waals surface area contributed by atoms with Crippen molar-refractivity contribution in [2.75, 3.05) is 5.73 Å². The number of nitrogen functional groups attached to an aromatic ring is 1. The van der Waals surface area contributed by atoms with Crippen LogP contribution in [0.15, 0.2) is 28.7 Å². The first-order valence-corrected chi connectivity index (χ1v) is 6.90. The normalized spacial score (nSPS) is 10.8. The molecule has 0 bridgehead atoms. The lowest BCUT2D eigenvalue weighted by Crippen LogP contribution is -2.03. The molecule has 0 spiro atoms. The SMILES string of the molecule is CC(C)c1nc(N)cc(Oc2cc(Br)ccc2Cl)n1. The molecule has 1 heterocycles. The minimum atomic E-state index is 0.170. The summed E-state index contributed by atoms with van der Waals surface area (Å²) in [6.07, 6.45) is 0. The molecule has 0 aliphatic heterocycles. The second-order valence-electron chi connectivity index (χ2n) is 4.32. The lowest BCUT2D eigenvalue weighted by atomic mass is 10.2. The fourth-order valence-electron chi connectivity index (χ4n) is 1.44. The van der Waals surface area contributed by atoms with Gasteiger partial charge < -0.3 is 10.5 Å². The van der Waals surface area contributed by atoms with E-state index in [2.05, 4.69) is 25.9 Å². The van der Waals surface area contributed by atoms with Crippen LogP contribution in [0, 0.1) is 0 Å². The highest BCUT2D eigenvalue weighted by molar-refractivity contribution is 9.10. The van der Waals surface area contributed by atoms with E-state index in [0.29, 0.717) is 28.3 Å². The molecule has 0 saturated heterocycles. The molecular formula is C13H13BrClN3O. The molecule has 2 N–H and O–H groups in total. The number of aromatic nitrogens is 2. The number of nitrogens with zero attached hydrogens (tertiary/aromatic N) is 2. The Hall–Kier alpha value is -1.33. The zero-order valence-corrected chi connectivity index (χ0v) is 12.9. The summed E-state index contributed by atoms with van der Waals surface area (Å²) in [4.78, 5) is 8.47. The summed E-state index contributed by atoms with van der Waals surface area (Å²) in [7, 11) is 0. The van der Waals surface area contributed by atoms with E-state index in [1.165, 1.54) is 0 Å². The Morgan fingerprint density at radius 3 is 2.68 bits per heavy atom. The van der Waals surface area contributed by atoms with Gasteiger partial charge in [0.2, 0.25) is 5.88 Å². The van der Waals surface area contributed by atoms with E-state index in [9.17, 15) is 0 Å². The van der Waals surface area contributed by atoms with Crippen molar-refractivity contribution < 1.29 is 4.74 Å². The second kappa shape index (κ2) is 5.75. The summed E-state index contributed by atoms with van der Waals surface area (Å²) in [5, 5.41) is 0.506. The van der Waals surface area contributed by atoms with Gasteiger partial charge >= 0.3 is 0 Å². The summed E-state index contributed by atoms with van der Waals surface area (Å²) < 4.78 is 6.54. The molecule has 0 amide bonds. The van der Waals surface area contributed by atoms with Crippen LogP contribution < -0.4 is 10.5 Å². The Labute approximate surface area is 125 Å². The van der Waals surface area contributed by atoms with Crippen molar-refractivity contribution in [1.29, 1.82) is 0 Å². The third-order valence-electron chi connectivity index (χ3n) is 2.36. The quantitative estimate of drug-likeness (QED) is 0.898. The number of rotatable bonds is 3. The van der Waals surface area contributed by atoms with Gasteiger partial charge in [-0.1, -0.05) is 41.4 Å². The van der Waals surface area contributed by atoms with Crippen LogP contribution in [0.1, 0.15) is 25.6 Å². The molecule has 2 aromatic rings. The van der Waals surface area contributed by atoms with E-state index < -0.39 is 0 Å². The van der Waals surface area contributed by atoms with Crippen molar-refractivity contribution >= 4 is 33.3 Å². The van der Waals surface area contributed by atoms with Crippen LogP contribution in [0.4, 0.5) is 5.82 Å². The number of ether oxygens (including phenoxy) is 1. The van der Waals surface area contributed by atoms with E-state index in [1.807, 2.05) is 19.9 Å². The molecule has 2 rings (SSSR count). The van der Waals surface area contributed by atoms with Gasteiger partial charge in [0.05, 0.1) is 5.02 Å². The number of halogens is 2. The smallest absolute Gasteiger partial charge is 0.224 e. The Morgan fingerprint density at radius 1 is 1.26 bits per heavy atom. The molecule has 1 aromatic carbocycles. The van der Waals surface area contributed by atoms with Crippen LogP contribution in [0.25, 0.3) is 0 Å². The fraction of sp³-hybridized carbons (Fsp3) is 0.231. The molecule has 4 nitrogen and oxygen atoms in total. The summed E-state index contributed by atoms with van der Waals surface area (Å²) in [6, 6.07) is 6.93. The van der Waals surface area contributed by atoms with E-state index >= 15 is 0 Å². The molecule has 6 heteroatoms. The average molecular weight is 343 g/mol. The number of hydrogen-bond donors (Lipinski definition) is 1. The van der Waals surface area contributed by atoms with Crippen molar-refractivity contribution in [2.45, 2.75) is 19.8 Å². The lowest BCUT2D eigenvalue weighted by molar-refractivity contribution is 0.457. The Morgan fingerprint density at radius 2 is 2.00 bits per heavy atom. The van der Waals surface area contributed by atoms with Crippen molar-refractivity contribution in [1.82, 2.24) is 9.97 Å². The summed E-state index contributed by atoms with van der Waals surface area (Å²) in [6.45, 7) is 3.98. The van der Waals surface area contributed by atoms with Gasteiger partial charge in [-0.25, -0.2) is 4.98 Å². The highest BCUT2D eigenvalue weighted by Gasteiger charge is 2.10. The van der Waals surface area contributed by atoms with Gasteiger partial charge in [0.15, 0.2) is 0 Å². The monoisotopic (exact) mass is 341 g/mol. The second-order valence-corrected chi connectivity index (χ2v) is 5.64. The highest BCUT2D eigenvalue weighted by Crippen LogP contribution is 2.32. The summed E-state index contributed by atoms with van der Waals surface area (Å²) in [5.74, 6) is 2.09. The molecule has 0 unspecified atom stereocenters. The molecule has 19 heavy (non-hydrogen) atoms. The number of nitrogens with two attached hydrogens (primary N) is 1. The van der Waals surface area contributed by atoms with Gasteiger partial charge in [0.25, 0.3) is 0 Å². The first kappa shape index (κ1) is 14.1. The Kier molecular flexibility index (Phi) is 4.27. The van der Waals surface area contributed by atoms with Crippen molar-refractivity contribution in [2.24, 2.45) is 0 Å². The van der Waals surface area contributed by atoms with Crippen molar-refractivity contribution in [3.8, 4) is 11.6 Å². The molecular weight excluding hydrogens is 330 g/mol.